The van der Waals surface area contributed by atoms with Gasteiger partial charge >= 0.3 is 5.97 Å². The first-order valence-corrected chi connectivity index (χ1v) is 14.7. The first kappa shape index (κ1) is 24.8. The van der Waals surface area contributed by atoms with Crippen molar-refractivity contribution in [3.8, 4) is 11.3 Å². The summed E-state index contributed by atoms with van der Waals surface area (Å²) in [6.07, 6.45) is 15.2. The normalized spacial score (nSPS) is 30.8. The van der Waals surface area contributed by atoms with Crippen LogP contribution in [0.1, 0.15) is 87.0 Å². The molecule has 6 atom stereocenters. The van der Waals surface area contributed by atoms with Crippen LogP contribution in [-0.2, 0) is 0 Å². The molecule has 0 radical (unpaired) electrons. The molecule has 0 spiro atoms. The highest BCUT2D eigenvalue weighted by Crippen LogP contribution is 2.47. The van der Waals surface area contributed by atoms with Crippen LogP contribution >= 0.6 is 0 Å². The van der Waals surface area contributed by atoms with Gasteiger partial charge in [0.15, 0.2) is 0 Å². The highest BCUT2D eigenvalue weighted by Gasteiger charge is 2.45. The summed E-state index contributed by atoms with van der Waals surface area (Å²) in [5, 5.41) is 9.48. The second-order valence-electron chi connectivity index (χ2n) is 12.4. The van der Waals surface area contributed by atoms with Crippen LogP contribution in [0.25, 0.3) is 22.3 Å². The Kier molecular flexibility index (Phi) is 6.18. The van der Waals surface area contributed by atoms with Crippen molar-refractivity contribution in [2.75, 3.05) is 0 Å². The summed E-state index contributed by atoms with van der Waals surface area (Å²) in [5.41, 5.74) is 0.706. The average molecular weight is 529 g/mol. The van der Waals surface area contributed by atoms with E-state index in [0.717, 1.165) is 30.2 Å². The van der Waals surface area contributed by atoms with Crippen molar-refractivity contribution in [3.63, 3.8) is 0 Å². The fourth-order valence-electron chi connectivity index (χ4n) is 8.62. The maximum Gasteiger partial charge on any atom is 0.341 e. The minimum Gasteiger partial charge on any atom is -0.477 e. The van der Waals surface area contributed by atoms with E-state index in [9.17, 15) is 19.5 Å². The predicted molar refractivity (Wildman–Crippen MR) is 149 cm³/mol. The van der Waals surface area contributed by atoms with Crippen molar-refractivity contribution in [1.82, 2.24) is 19.4 Å². The molecule has 2 N–H and O–H groups in total. The van der Waals surface area contributed by atoms with Gasteiger partial charge in [-0.1, -0.05) is 37.8 Å². The van der Waals surface area contributed by atoms with Crippen LogP contribution in [0.5, 0.6) is 0 Å². The van der Waals surface area contributed by atoms with E-state index in [1.54, 1.807) is 0 Å². The lowest BCUT2D eigenvalue weighted by Gasteiger charge is -2.55. The number of carboxylic acids is 1. The van der Waals surface area contributed by atoms with Gasteiger partial charge in [0.25, 0.3) is 11.1 Å². The molecule has 0 unspecified atom stereocenters. The molecule has 8 nitrogen and oxygen atoms in total. The molecular weight excluding hydrogens is 492 g/mol. The van der Waals surface area contributed by atoms with Crippen LogP contribution in [0.4, 0.5) is 0 Å². The van der Waals surface area contributed by atoms with Gasteiger partial charge in [-0.2, -0.15) is 0 Å². The highest BCUT2D eigenvalue weighted by molar-refractivity contribution is 5.88. The number of aromatic carboxylic acids is 1. The molecule has 204 valence electrons. The molecule has 1 aromatic carbocycles. The number of hydrogen-bond acceptors (Lipinski definition) is 5. The Morgan fingerprint density at radius 2 is 1.56 bits per heavy atom. The van der Waals surface area contributed by atoms with Crippen molar-refractivity contribution in [2.45, 2.75) is 94.8 Å². The predicted octanol–water partition coefficient (Wildman–Crippen LogP) is 4.98. The lowest BCUT2D eigenvalue weighted by molar-refractivity contribution is -0.0485. The molecule has 4 bridgehead atoms. The first-order valence-electron chi connectivity index (χ1n) is 14.7. The Morgan fingerprint density at radius 3 is 2.28 bits per heavy atom. The second-order valence-corrected chi connectivity index (χ2v) is 12.4. The third-order valence-electron chi connectivity index (χ3n) is 10.1. The van der Waals surface area contributed by atoms with Crippen LogP contribution in [0.3, 0.4) is 0 Å². The number of aromatic amines is 1. The number of pyridine rings is 1. The van der Waals surface area contributed by atoms with Gasteiger partial charge in [0.2, 0.25) is 0 Å². The van der Waals surface area contributed by atoms with E-state index in [1.165, 1.54) is 70.1 Å². The number of H-pyrrole nitrogens is 1. The minimum absolute atomic E-state index is 0.0560. The van der Waals surface area contributed by atoms with Gasteiger partial charge in [0.1, 0.15) is 11.3 Å². The summed E-state index contributed by atoms with van der Waals surface area (Å²) in [6.45, 7) is 0. The molecule has 3 aromatic rings. The van der Waals surface area contributed by atoms with Gasteiger partial charge < -0.3 is 14.7 Å². The third-order valence-corrected chi connectivity index (χ3v) is 10.1. The van der Waals surface area contributed by atoms with E-state index < -0.39 is 17.1 Å². The summed E-state index contributed by atoms with van der Waals surface area (Å²) in [7, 11) is 0. The molecule has 2 aliphatic carbocycles. The third kappa shape index (κ3) is 4.33. The molecule has 2 saturated carbocycles. The maximum absolute atomic E-state index is 14.1. The van der Waals surface area contributed by atoms with Crippen molar-refractivity contribution in [2.24, 2.45) is 11.8 Å². The Labute approximate surface area is 227 Å². The van der Waals surface area contributed by atoms with Gasteiger partial charge in [-0.05, 0) is 75.0 Å². The average Bonchev–Trinajstić information content (AvgIpc) is 2.92. The number of carboxylic acid groups (broad SMARTS) is 1. The summed E-state index contributed by atoms with van der Waals surface area (Å²) >= 11 is 0. The molecule has 7 rings (SSSR count). The number of piperidine rings is 2. The quantitative estimate of drug-likeness (QED) is 0.495. The number of nitrogens with one attached hydrogen (secondary N) is 1. The Hall–Kier alpha value is -3.26. The molecule has 39 heavy (non-hydrogen) atoms. The number of aromatic nitrogens is 3. The number of nitrogens with zero attached hydrogens (tertiary/aromatic N) is 3. The first-order chi connectivity index (χ1) is 19.0. The lowest BCUT2D eigenvalue weighted by Crippen LogP contribution is -2.58. The molecular formula is C31H36N4O4. The van der Waals surface area contributed by atoms with Crippen LogP contribution in [0.2, 0.25) is 0 Å². The highest BCUT2D eigenvalue weighted by atomic mass is 16.4. The van der Waals surface area contributed by atoms with Crippen LogP contribution < -0.4 is 11.1 Å². The molecule has 8 heteroatoms. The number of benzene rings is 1. The largest absolute Gasteiger partial charge is 0.477 e. The molecule has 4 aliphatic rings. The maximum atomic E-state index is 14.1. The zero-order chi connectivity index (χ0) is 26.7. The van der Waals surface area contributed by atoms with Gasteiger partial charge in [0, 0.05) is 35.9 Å². The molecule has 2 aliphatic heterocycles. The van der Waals surface area contributed by atoms with Crippen molar-refractivity contribution in [3.05, 3.63) is 62.8 Å². The van der Waals surface area contributed by atoms with E-state index in [-0.39, 0.29) is 17.3 Å². The number of hydrogen-bond donors (Lipinski definition) is 2. The van der Waals surface area contributed by atoms with Crippen molar-refractivity contribution < 1.29 is 9.90 Å². The SMILES string of the molecule is O=C(O)c1cc(-c2nc3ccccc3n([C@H]3C[C@H]4CCC[C@@H](C3)N4[C@H]3C[C@@H]4CCC[C@@H](C4)C3)c2=O)c[nH]c1=O. The van der Waals surface area contributed by atoms with Gasteiger partial charge in [-0.15, -0.1) is 0 Å². The summed E-state index contributed by atoms with van der Waals surface area (Å²) in [6, 6.07) is 10.7. The standard InChI is InChI=1S/C31H36N4O4/c36-29-25(31(38)39)14-20(17-32-29)28-30(37)35(27-10-2-1-9-26(27)33-28)24-15-21-7-4-8-22(16-24)34(21)23-12-18-5-3-6-19(11-18)13-23/h1-2,9-10,14,17-19,21-24H,3-8,11-13,15-16H2,(H,32,36)(H,38,39)/t18-,19+,21-,22+,23+,24+. The van der Waals surface area contributed by atoms with Gasteiger partial charge in [0.05, 0.1) is 11.0 Å². The van der Waals surface area contributed by atoms with E-state index in [4.69, 9.17) is 0 Å². The number of para-hydroxylation sites is 2. The topological polar surface area (TPSA) is 108 Å². The van der Waals surface area contributed by atoms with Crippen molar-refractivity contribution in [1.29, 1.82) is 0 Å². The van der Waals surface area contributed by atoms with Gasteiger partial charge in [-0.3, -0.25) is 14.5 Å². The number of fused-ring (bicyclic) bond motifs is 5. The molecule has 2 aromatic heterocycles. The van der Waals surface area contributed by atoms with Crippen LogP contribution in [0, 0.1) is 11.8 Å². The van der Waals surface area contributed by atoms with Gasteiger partial charge in [-0.25, -0.2) is 9.78 Å². The summed E-state index contributed by atoms with van der Waals surface area (Å²) in [5.74, 6) is 0.456. The molecule has 4 fully saturated rings. The zero-order valence-electron chi connectivity index (χ0n) is 22.2. The number of rotatable bonds is 4. The minimum atomic E-state index is -1.33. The van der Waals surface area contributed by atoms with Crippen LogP contribution in [0.15, 0.2) is 46.1 Å². The number of carbonyl (C=O) groups is 1. The Morgan fingerprint density at radius 1 is 0.872 bits per heavy atom. The smallest absolute Gasteiger partial charge is 0.341 e. The monoisotopic (exact) mass is 528 g/mol. The van der Waals surface area contributed by atoms with E-state index in [2.05, 4.69) is 14.9 Å². The summed E-state index contributed by atoms with van der Waals surface area (Å²) in [4.78, 5) is 47.8. The fraction of sp³-hybridized carbons (Fsp3) is 0.548. The molecule has 0 amide bonds. The zero-order valence-corrected chi connectivity index (χ0v) is 22.2. The second kappa shape index (κ2) is 9.73. The fourth-order valence-corrected chi connectivity index (χ4v) is 8.62. The Balaban J connectivity index is 1.27. The molecule has 2 saturated heterocycles. The summed E-state index contributed by atoms with van der Waals surface area (Å²) < 4.78 is 1.93. The van der Waals surface area contributed by atoms with Crippen molar-refractivity contribution >= 4 is 17.0 Å². The van der Waals surface area contributed by atoms with E-state index in [1.807, 2.05) is 28.8 Å². The Bertz CT molecular complexity index is 1520. The van der Waals surface area contributed by atoms with Crippen LogP contribution in [-0.4, -0.2) is 48.6 Å². The lowest BCUT2D eigenvalue weighted by atomic mass is 9.68. The van der Waals surface area contributed by atoms with E-state index in [0.29, 0.717) is 29.2 Å². The van der Waals surface area contributed by atoms with E-state index >= 15 is 0 Å². The molecule has 4 heterocycles.